The van der Waals surface area contributed by atoms with Crippen LogP contribution in [0.15, 0.2) is 64.9 Å². The van der Waals surface area contributed by atoms with Crippen LogP contribution in [0.4, 0.5) is 4.79 Å². The van der Waals surface area contributed by atoms with Crippen molar-refractivity contribution in [1.29, 1.82) is 0 Å². The summed E-state index contributed by atoms with van der Waals surface area (Å²) in [6, 6.07) is 13.4. The summed E-state index contributed by atoms with van der Waals surface area (Å²) in [5.74, 6) is -0.647. The van der Waals surface area contributed by atoms with Crippen molar-refractivity contribution in [2.24, 2.45) is 11.8 Å². The van der Waals surface area contributed by atoms with Gasteiger partial charge in [-0.3, -0.25) is 9.59 Å². The van der Waals surface area contributed by atoms with Gasteiger partial charge in [0.2, 0.25) is 15.9 Å². The summed E-state index contributed by atoms with van der Waals surface area (Å²) in [4.78, 5) is 46.7. The van der Waals surface area contributed by atoms with Gasteiger partial charge in [-0.25, -0.2) is 18.2 Å². The van der Waals surface area contributed by atoms with Gasteiger partial charge in [0.05, 0.1) is 36.4 Å². The van der Waals surface area contributed by atoms with Gasteiger partial charge in [0.1, 0.15) is 23.4 Å². The molecule has 1 aliphatic rings. The van der Waals surface area contributed by atoms with Crippen LogP contribution < -0.4 is 10.1 Å². The molecule has 3 aromatic rings. The van der Waals surface area contributed by atoms with Crippen molar-refractivity contribution in [2.45, 2.75) is 77.3 Å². The molecule has 3 atom stereocenters. The highest BCUT2D eigenvalue weighted by atomic mass is 32.2. The molecule has 0 aliphatic carbocycles. The lowest BCUT2D eigenvalue weighted by atomic mass is 9.97. The van der Waals surface area contributed by atoms with Crippen molar-refractivity contribution in [2.75, 3.05) is 33.3 Å². The summed E-state index contributed by atoms with van der Waals surface area (Å²) in [7, 11) is -2.52. The fraction of sp³-hybridized carbons (Fsp3) is 0.500. The molecule has 1 aromatic heterocycles. The monoisotopic (exact) mass is 743 g/mol. The molecule has 278 valence electrons. The Morgan fingerprint density at radius 2 is 1.73 bits per heavy atom. The number of thiazole rings is 1. The van der Waals surface area contributed by atoms with Crippen molar-refractivity contribution in [1.82, 2.24) is 24.4 Å². The fourth-order valence-corrected chi connectivity index (χ4v) is 8.30. The lowest BCUT2D eigenvalue weighted by Crippen LogP contribution is -2.57. The van der Waals surface area contributed by atoms with Crippen LogP contribution in [-0.2, 0) is 43.9 Å². The number of sulfonamides is 1. The zero-order chi connectivity index (χ0) is 37.3. The van der Waals surface area contributed by atoms with E-state index in [0.717, 1.165) is 5.56 Å². The highest BCUT2D eigenvalue weighted by molar-refractivity contribution is 7.89. The number of carbonyl (C=O) groups is 3. The third-order valence-corrected chi connectivity index (χ3v) is 11.2. The molecule has 15 heteroatoms. The summed E-state index contributed by atoms with van der Waals surface area (Å²) < 4.78 is 39.2. The number of ether oxygens (including phenoxy) is 2. The number of carbonyl (C=O) groups excluding carboxylic acids is 3. The molecule has 1 fully saturated rings. The molecule has 0 radical (unpaired) electrons. The Morgan fingerprint density at radius 1 is 1.04 bits per heavy atom. The molecule has 0 unspecified atom stereocenters. The van der Waals surface area contributed by atoms with Gasteiger partial charge in [0.25, 0.3) is 0 Å². The Kier molecular flexibility index (Phi) is 14.0. The Hall–Kier alpha value is -4.05. The number of methoxy groups -OCH3 is 1. The smallest absolute Gasteiger partial charge is 0.321 e. The molecule has 0 bridgehead atoms. The van der Waals surface area contributed by atoms with Crippen LogP contribution in [0.2, 0.25) is 0 Å². The molecule has 51 heavy (non-hydrogen) atoms. The lowest BCUT2D eigenvalue weighted by molar-refractivity contribution is -0.142. The van der Waals surface area contributed by atoms with Crippen molar-refractivity contribution in [3.05, 3.63) is 76.2 Å². The highest BCUT2D eigenvalue weighted by Gasteiger charge is 2.40. The number of amides is 3. The first-order chi connectivity index (χ1) is 24.2. The molecule has 4 rings (SSSR count). The van der Waals surface area contributed by atoms with Gasteiger partial charge in [-0.1, -0.05) is 58.0 Å². The van der Waals surface area contributed by atoms with E-state index in [0.29, 0.717) is 29.5 Å². The zero-order valence-electron chi connectivity index (χ0n) is 30.0. The molecule has 2 heterocycles. The number of aromatic nitrogens is 1. The Morgan fingerprint density at radius 3 is 2.33 bits per heavy atom. The van der Waals surface area contributed by atoms with Crippen molar-refractivity contribution in [3.63, 3.8) is 0 Å². The normalized spacial score (nSPS) is 15.4. The van der Waals surface area contributed by atoms with Crippen molar-refractivity contribution < 1.29 is 37.4 Å². The van der Waals surface area contributed by atoms with Crippen LogP contribution in [0.3, 0.4) is 0 Å². The number of aliphatic hydroxyl groups is 1. The first-order valence-corrected chi connectivity index (χ1v) is 19.3. The van der Waals surface area contributed by atoms with E-state index in [1.54, 1.807) is 17.0 Å². The highest BCUT2D eigenvalue weighted by Crippen LogP contribution is 2.24. The van der Waals surface area contributed by atoms with E-state index in [9.17, 15) is 27.9 Å². The standard InChI is InChI=1S/C36H49N5O8S2/c1-24(2)19-40(51(46,47)30-14-12-29(48-6)13-15-30)21-32(43)31(18-27-10-8-7-9-11-27)38-35(44)34(25(3)4)41-17-16-39(36(41)45)20-28-23-50-33(37-28)22-49-26(5)42/h7-15,23-25,31-32,34,43H,16-22H2,1-6H3,(H,38,44)/t31-,32+,34-/m0/s1. The first kappa shape index (κ1) is 39.7. The number of esters is 1. The number of hydrogen-bond donors (Lipinski definition) is 2. The molecule has 2 aromatic carbocycles. The number of aliphatic hydroxyl groups excluding tert-OH is 1. The van der Waals surface area contributed by atoms with Gasteiger partial charge in [0, 0.05) is 38.5 Å². The predicted molar refractivity (Wildman–Crippen MR) is 193 cm³/mol. The number of urea groups is 1. The molecule has 13 nitrogen and oxygen atoms in total. The number of rotatable bonds is 18. The second-order valence-corrected chi connectivity index (χ2v) is 16.2. The van der Waals surface area contributed by atoms with E-state index in [-0.39, 0.29) is 55.4 Å². The lowest BCUT2D eigenvalue weighted by Gasteiger charge is -2.34. The molecule has 2 N–H and O–H groups in total. The van der Waals surface area contributed by atoms with Gasteiger partial charge >= 0.3 is 12.0 Å². The average Bonchev–Trinajstić information content (AvgIpc) is 3.69. The topological polar surface area (TPSA) is 159 Å². The van der Waals surface area contributed by atoms with Crippen LogP contribution in [0.5, 0.6) is 5.75 Å². The fourth-order valence-electron chi connectivity index (χ4n) is 5.99. The summed E-state index contributed by atoms with van der Waals surface area (Å²) in [5, 5.41) is 17.2. The van der Waals surface area contributed by atoms with Gasteiger partial charge < -0.3 is 29.7 Å². The molecular weight excluding hydrogens is 695 g/mol. The second kappa shape index (κ2) is 17.9. The first-order valence-electron chi connectivity index (χ1n) is 17.0. The number of nitrogens with zero attached hydrogens (tertiary/aromatic N) is 4. The Bertz CT molecular complexity index is 1720. The number of nitrogens with one attached hydrogen (secondary N) is 1. The third kappa shape index (κ3) is 10.7. The van der Waals surface area contributed by atoms with Gasteiger partial charge in [-0.15, -0.1) is 11.3 Å². The minimum atomic E-state index is -4.02. The molecule has 3 amide bonds. The van der Waals surface area contributed by atoms with Gasteiger partial charge in [-0.05, 0) is 48.1 Å². The summed E-state index contributed by atoms with van der Waals surface area (Å²) >= 11 is 1.34. The van der Waals surface area contributed by atoms with Gasteiger partial charge in [0.15, 0.2) is 0 Å². The van der Waals surface area contributed by atoms with Crippen LogP contribution in [0.1, 0.15) is 50.9 Å². The quantitative estimate of drug-likeness (QED) is 0.184. The maximum Gasteiger partial charge on any atom is 0.321 e. The number of hydrogen-bond acceptors (Lipinski definition) is 10. The molecule has 0 spiro atoms. The van der Waals surface area contributed by atoms with Crippen LogP contribution in [-0.4, -0.2) is 102 Å². The largest absolute Gasteiger partial charge is 0.497 e. The van der Waals surface area contributed by atoms with E-state index >= 15 is 0 Å². The third-order valence-electron chi connectivity index (χ3n) is 8.46. The minimum absolute atomic E-state index is 0.0495. The predicted octanol–water partition coefficient (Wildman–Crippen LogP) is 3.91. The van der Waals surface area contributed by atoms with Crippen LogP contribution in [0.25, 0.3) is 0 Å². The average molecular weight is 744 g/mol. The van der Waals surface area contributed by atoms with Crippen molar-refractivity contribution >= 4 is 39.3 Å². The molecule has 0 saturated carbocycles. The van der Waals surface area contributed by atoms with E-state index in [4.69, 9.17) is 9.47 Å². The van der Waals surface area contributed by atoms with E-state index in [2.05, 4.69) is 10.3 Å². The molecule has 1 saturated heterocycles. The molecular formula is C36H49N5O8S2. The van der Waals surface area contributed by atoms with Crippen LogP contribution >= 0.6 is 11.3 Å². The SMILES string of the molecule is COc1ccc(S(=O)(=O)N(CC(C)C)C[C@@H](O)[C@H](Cc2ccccc2)NC(=O)[C@H](C(C)C)N2CCN(Cc3csc(COC(C)=O)n3)C2=O)cc1. The maximum absolute atomic E-state index is 14.1. The maximum atomic E-state index is 14.1. The summed E-state index contributed by atoms with van der Waals surface area (Å²) in [6.07, 6.45) is -1.05. The minimum Gasteiger partial charge on any atom is -0.497 e. The van der Waals surface area contributed by atoms with Crippen LogP contribution in [0, 0.1) is 11.8 Å². The number of benzene rings is 2. The van der Waals surface area contributed by atoms with E-state index in [1.807, 2.05) is 63.4 Å². The Balaban J connectivity index is 1.53. The van der Waals surface area contributed by atoms with E-state index in [1.165, 1.54) is 46.7 Å². The van der Waals surface area contributed by atoms with E-state index < -0.39 is 40.1 Å². The second-order valence-electron chi connectivity index (χ2n) is 13.4. The summed E-state index contributed by atoms with van der Waals surface area (Å²) in [6.45, 7) is 9.72. The van der Waals surface area contributed by atoms with Crippen molar-refractivity contribution in [3.8, 4) is 5.75 Å². The summed E-state index contributed by atoms with van der Waals surface area (Å²) in [5.41, 5.74) is 1.50. The Labute approximate surface area is 304 Å². The zero-order valence-corrected chi connectivity index (χ0v) is 31.7. The molecule has 1 aliphatic heterocycles. The van der Waals surface area contributed by atoms with Gasteiger partial charge in [-0.2, -0.15) is 4.31 Å².